The van der Waals surface area contributed by atoms with Crippen molar-refractivity contribution in [2.75, 3.05) is 10.5 Å². The Morgan fingerprint density at radius 3 is 2.40 bits per heavy atom. The fourth-order valence-corrected chi connectivity index (χ4v) is 3.56. The molecule has 0 spiro atoms. The molecule has 0 fully saturated rings. The maximum absolute atomic E-state index is 12.2. The van der Waals surface area contributed by atoms with E-state index in [2.05, 4.69) is 14.9 Å². The van der Waals surface area contributed by atoms with Gasteiger partial charge in [-0.1, -0.05) is 35.5 Å². The second-order valence-electron chi connectivity index (χ2n) is 5.73. The van der Waals surface area contributed by atoms with Crippen LogP contribution in [0.1, 0.15) is 17.8 Å². The zero-order chi connectivity index (χ0) is 17.7. The van der Waals surface area contributed by atoms with Crippen LogP contribution >= 0.6 is 0 Å². The van der Waals surface area contributed by atoms with Gasteiger partial charge in [-0.05, 0) is 49.6 Å². The van der Waals surface area contributed by atoms with Crippen LogP contribution in [0.3, 0.4) is 0 Å². The summed E-state index contributed by atoms with van der Waals surface area (Å²) in [5.41, 5.74) is 2.39. The average Bonchev–Trinajstić information content (AvgIpc) is 3.02. The van der Waals surface area contributed by atoms with Crippen molar-refractivity contribution < 1.29 is 12.9 Å². The highest BCUT2D eigenvalue weighted by Gasteiger charge is 2.11. The van der Waals surface area contributed by atoms with Gasteiger partial charge < -0.3 is 4.52 Å². The second kappa shape index (κ2) is 7.48. The fourth-order valence-electron chi connectivity index (χ4n) is 2.44. The summed E-state index contributed by atoms with van der Waals surface area (Å²) in [5, 5.41) is 3.74. The highest BCUT2D eigenvalue weighted by atomic mass is 32.2. The lowest BCUT2D eigenvalue weighted by atomic mass is 10.1. The number of benzene rings is 2. The number of anilines is 1. The Kier molecular flexibility index (Phi) is 5.14. The van der Waals surface area contributed by atoms with Crippen LogP contribution in [0.25, 0.3) is 11.5 Å². The van der Waals surface area contributed by atoms with Crippen LogP contribution in [0, 0.1) is 6.92 Å². The van der Waals surface area contributed by atoms with Gasteiger partial charge in [0.2, 0.25) is 10.0 Å². The van der Waals surface area contributed by atoms with E-state index in [1.165, 1.54) is 0 Å². The maximum atomic E-state index is 12.2. The van der Waals surface area contributed by atoms with Crippen molar-refractivity contribution >= 4 is 15.7 Å². The first-order chi connectivity index (χ1) is 12.0. The molecule has 0 bridgehead atoms. The van der Waals surface area contributed by atoms with E-state index in [0.717, 1.165) is 17.5 Å². The second-order valence-corrected chi connectivity index (χ2v) is 7.58. The molecule has 6 nitrogen and oxygen atoms in total. The number of hydrogen-bond donors (Lipinski definition) is 1. The first-order valence-corrected chi connectivity index (χ1v) is 9.62. The number of sulfonamides is 1. The Labute approximate surface area is 147 Å². The third-order valence-electron chi connectivity index (χ3n) is 3.65. The van der Waals surface area contributed by atoms with Gasteiger partial charge in [0.05, 0.1) is 5.75 Å². The van der Waals surface area contributed by atoms with Crippen molar-refractivity contribution in [1.82, 2.24) is 10.1 Å². The average molecular weight is 357 g/mol. The van der Waals surface area contributed by atoms with Crippen molar-refractivity contribution in [1.29, 1.82) is 0 Å². The first-order valence-electron chi connectivity index (χ1n) is 7.97. The van der Waals surface area contributed by atoms with Gasteiger partial charge in [0.25, 0.3) is 5.89 Å². The van der Waals surface area contributed by atoms with Crippen LogP contribution in [-0.4, -0.2) is 24.3 Å². The molecule has 0 unspecified atom stereocenters. The Morgan fingerprint density at radius 2 is 1.76 bits per heavy atom. The molecule has 130 valence electrons. The Hall–Kier alpha value is -2.67. The van der Waals surface area contributed by atoms with Gasteiger partial charge in [0.1, 0.15) is 0 Å². The smallest absolute Gasteiger partial charge is 0.257 e. The molecule has 0 amide bonds. The van der Waals surface area contributed by atoms with Gasteiger partial charge in [-0.15, -0.1) is 0 Å². The monoisotopic (exact) mass is 357 g/mol. The lowest BCUT2D eigenvalue weighted by Gasteiger charge is -2.08. The Bertz CT molecular complexity index is 920. The highest BCUT2D eigenvalue weighted by molar-refractivity contribution is 7.92. The van der Waals surface area contributed by atoms with E-state index in [9.17, 15) is 8.42 Å². The third kappa shape index (κ3) is 4.90. The predicted molar refractivity (Wildman–Crippen MR) is 96.6 cm³/mol. The zero-order valence-corrected chi connectivity index (χ0v) is 14.7. The van der Waals surface area contributed by atoms with E-state index in [1.54, 1.807) is 31.2 Å². The molecule has 0 radical (unpaired) electrons. The van der Waals surface area contributed by atoms with Crippen molar-refractivity contribution in [2.24, 2.45) is 0 Å². The molecule has 0 saturated carbocycles. The number of aryl methyl sites for hydroxylation is 2. The van der Waals surface area contributed by atoms with E-state index < -0.39 is 10.0 Å². The summed E-state index contributed by atoms with van der Waals surface area (Å²) in [7, 11) is -3.38. The van der Waals surface area contributed by atoms with E-state index in [4.69, 9.17) is 4.52 Å². The minimum absolute atomic E-state index is 0.0759. The van der Waals surface area contributed by atoms with E-state index in [0.29, 0.717) is 23.8 Å². The van der Waals surface area contributed by atoms with E-state index >= 15 is 0 Å². The van der Waals surface area contributed by atoms with E-state index in [1.807, 2.05) is 30.3 Å². The van der Waals surface area contributed by atoms with Crippen molar-refractivity contribution in [3.8, 4) is 11.5 Å². The number of rotatable bonds is 7. The van der Waals surface area contributed by atoms with Crippen molar-refractivity contribution in [3.05, 3.63) is 66.0 Å². The first kappa shape index (κ1) is 17.2. The molecular formula is C18H19N3O3S. The molecule has 25 heavy (non-hydrogen) atoms. The summed E-state index contributed by atoms with van der Waals surface area (Å²) in [6, 6.07) is 16.7. The van der Waals surface area contributed by atoms with Crippen LogP contribution in [0.5, 0.6) is 0 Å². The minimum Gasteiger partial charge on any atom is -0.334 e. The summed E-state index contributed by atoms with van der Waals surface area (Å²) >= 11 is 0. The van der Waals surface area contributed by atoms with Crippen LogP contribution < -0.4 is 4.72 Å². The van der Waals surface area contributed by atoms with Crippen LogP contribution in [0.15, 0.2) is 59.1 Å². The van der Waals surface area contributed by atoms with Gasteiger partial charge in [-0.25, -0.2) is 8.42 Å². The van der Waals surface area contributed by atoms with Gasteiger partial charge >= 0.3 is 0 Å². The molecule has 3 rings (SSSR count). The molecular weight excluding hydrogens is 338 g/mol. The van der Waals surface area contributed by atoms with Gasteiger partial charge in [-0.3, -0.25) is 4.72 Å². The molecule has 0 aliphatic rings. The lowest BCUT2D eigenvalue weighted by molar-refractivity contribution is 0.425. The highest BCUT2D eigenvalue weighted by Crippen LogP contribution is 2.20. The molecule has 0 aliphatic carbocycles. The Morgan fingerprint density at radius 1 is 1.04 bits per heavy atom. The van der Waals surface area contributed by atoms with Crippen LogP contribution in [0.4, 0.5) is 5.69 Å². The topological polar surface area (TPSA) is 85.1 Å². The summed E-state index contributed by atoms with van der Waals surface area (Å²) in [6.45, 7) is 1.74. The quantitative estimate of drug-likeness (QED) is 0.700. The number of hydrogen-bond acceptors (Lipinski definition) is 5. The number of nitrogens with zero attached hydrogens (tertiary/aromatic N) is 2. The van der Waals surface area contributed by atoms with Gasteiger partial charge in [0.15, 0.2) is 5.82 Å². The molecule has 1 N–H and O–H groups in total. The van der Waals surface area contributed by atoms with E-state index in [-0.39, 0.29) is 5.75 Å². The summed E-state index contributed by atoms with van der Waals surface area (Å²) in [6.07, 6.45) is 1.30. The van der Waals surface area contributed by atoms with Crippen LogP contribution in [-0.2, 0) is 16.4 Å². The number of aromatic nitrogens is 2. The largest absolute Gasteiger partial charge is 0.334 e. The van der Waals surface area contributed by atoms with Crippen LogP contribution in [0.2, 0.25) is 0 Å². The van der Waals surface area contributed by atoms with Crippen molar-refractivity contribution in [2.45, 2.75) is 19.8 Å². The standard InChI is InChI=1S/C18H19N3O3S/c1-14-19-18(24-20-14)16-9-11-17(12-10-16)21-25(22,23)13-5-8-15-6-3-2-4-7-15/h2-4,6-7,9-12,21H,5,8,13H2,1H3. The molecule has 1 aromatic heterocycles. The molecule has 0 aliphatic heterocycles. The summed E-state index contributed by atoms with van der Waals surface area (Å²) < 4.78 is 32.1. The summed E-state index contributed by atoms with van der Waals surface area (Å²) in [4.78, 5) is 4.14. The molecule has 1 heterocycles. The Balaban J connectivity index is 1.57. The third-order valence-corrected chi connectivity index (χ3v) is 5.03. The van der Waals surface area contributed by atoms with Crippen molar-refractivity contribution in [3.63, 3.8) is 0 Å². The van der Waals surface area contributed by atoms with Gasteiger partial charge in [-0.2, -0.15) is 4.98 Å². The fraction of sp³-hybridized carbons (Fsp3) is 0.222. The predicted octanol–water partition coefficient (Wildman–Crippen LogP) is 3.42. The lowest BCUT2D eigenvalue weighted by Crippen LogP contribution is -2.17. The summed E-state index contributed by atoms with van der Waals surface area (Å²) in [5.74, 6) is 1.04. The molecule has 2 aromatic carbocycles. The molecule has 0 saturated heterocycles. The minimum atomic E-state index is -3.38. The molecule has 7 heteroatoms. The maximum Gasteiger partial charge on any atom is 0.257 e. The normalized spacial score (nSPS) is 11.4. The SMILES string of the molecule is Cc1noc(-c2ccc(NS(=O)(=O)CCCc3ccccc3)cc2)n1. The van der Waals surface area contributed by atoms with Gasteiger partial charge in [0, 0.05) is 11.3 Å². The molecule has 3 aromatic rings. The molecule has 0 atom stereocenters. The number of nitrogens with one attached hydrogen (secondary N) is 1. The zero-order valence-electron chi connectivity index (χ0n) is 13.8.